The van der Waals surface area contributed by atoms with Crippen molar-refractivity contribution in [2.45, 2.75) is 50.2 Å². The van der Waals surface area contributed by atoms with Crippen LogP contribution >= 0.6 is 0 Å². The lowest BCUT2D eigenvalue weighted by atomic mass is 9.80. The van der Waals surface area contributed by atoms with Gasteiger partial charge >= 0.3 is 5.97 Å². The summed E-state index contributed by atoms with van der Waals surface area (Å²) < 4.78 is 13.6. The Hall–Kier alpha value is -3.03. The first-order valence-electron chi connectivity index (χ1n) is 11.3. The smallest absolute Gasteiger partial charge is 0.354 e. The summed E-state index contributed by atoms with van der Waals surface area (Å²) in [6.07, 6.45) is 7.74. The molecule has 7 nitrogen and oxygen atoms in total. The van der Waals surface area contributed by atoms with Crippen molar-refractivity contribution in [3.8, 4) is 5.69 Å². The molecule has 1 saturated carbocycles. The summed E-state index contributed by atoms with van der Waals surface area (Å²) in [5, 5.41) is 15.8. The van der Waals surface area contributed by atoms with E-state index in [-0.39, 0.29) is 5.69 Å². The van der Waals surface area contributed by atoms with Crippen LogP contribution in [-0.4, -0.2) is 44.8 Å². The number of para-hydroxylation sites is 1. The van der Waals surface area contributed by atoms with Gasteiger partial charge in [0.2, 0.25) is 0 Å². The molecule has 1 spiro atoms. The van der Waals surface area contributed by atoms with Crippen LogP contribution in [0, 0.1) is 0 Å². The molecule has 1 N–H and O–H groups in total. The minimum absolute atomic E-state index is 0.0410. The maximum Gasteiger partial charge on any atom is 0.354 e. The molecule has 7 heteroatoms. The summed E-state index contributed by atoms with van der Waals surface area (Å²) in [6, 6.07) is 11.6. The van der Waals surface area contributed by atoms with Crippen molar-refractivity contribution < 1.29 is 19.4 Å². The van der Waals surface area contributed by atoms with Gasteiger partial charge in [-0.05, 0) is 48.6 Å². The number of pyridine rings is 1. The molecule has 0 bridgehead atoms. The minimum Gasteiger partial charge on any atom is -0.477 e. The predicted octanol–water partition coefficient (Wildman–Crippen LogP) is 4.70. The van der Waals surface area contributed by atoms with Crippen LogP contribution in [-0.2, 0) is 9.47 Å². The summed E-state index contributed by atoms with van der Waals surface area (Å²) in [4.78, 5) is 16.6. The number of carboxylic acids is 1. The van der Waals surface area contributed by atoms with Crippen molar-refractivity contribution in [3.63, 3.8) is 0 Å². The molecule has 164 valence electrons. The number of carbonyl (C=O) groups is 1. The van der Waals surface area contributed by atoms with Crippen LogP contribution in [0.5, 0.6) is 0 Å². The molecule has 1 aromatic carbocycles. The molecule has 2 aromatic heterocycles. The zero-order valence-electron chi connectivity index (χ0n) is 17.8. The average molecular weight is 431 g/mol. The highest BCUT2D eigenvalue weighted by molar-refractivity contribution is 5.98. The van der Waals surface area contributed by atoms with Gasteiger partial charge in [-0.25, -0.2) is 14.5 Å². The Morgan fingerprint density at radius 1 is 1.16 bits per heavy atom. The van der Waals surface area contributed by atoms with Gasteiger partial charge in [-0.1, -0.05) is 30.7 Å². The third kappa shape index (κ3) is 3.15. The SMILES string of the molecule is O=C(O)c1cc(C2=CCC3(CC2)OCCO3)c2c(C3CCC3)nn(-c3ccccc3)c2n1. The summed E-state index contributed by atoms with van der Waals surface area (Å²) in [5.74, 6) is -1.17. The largest absolute Gasteiger partial charge is 0.477 e. The maximum atomic E-state index is 12.0. The lowest BCUT2D eigenvalue weighted by molar-refractivity contribution is -0.159. The molecule has 1 aliphatic heterocycles. The van der Waals surface area contributed by atoms with Gasteiger partial charge in [-0.15, -0.1) is 0 Å². The second-order valence-electron chi connectivity index (χ2n) is 8.86. The molecule has 0 amide bonds. The van der Waals surface area contributed by atoms with E-state index in [0.717, 1.165) is 53.6 Å². The first-order chi connectivity index (χ1) is 15.6. The standard InChI is InChI=1S/C25H25N3O4/c29-24(30)20-15-19(16-9-11-25(12-10-16)31-13-14-32-25)21-22(17-5-4-6-17)27-28(23(21)26-20)18-7-2-1-3-8-18/h1-3,7-9,15,17H,4-6,10-14H2,(H,29,30). The van der Waals surface area contributed by atoms with Gasteiger partial charge in [0.1, 0.15) is 0 Å². The van der Waals surface area contributed by atoms with E-state index in [4.69, 9.17) is 14.6 Å². The number of ether oxygens (including phenoxy) is 2. The van der Waals surface area contributed by atoms with E-state index in [2.05, 4.69) is 11.1 Å². The minimum atomic E-state index is -1.03. The van der Waals surface area contributed by atoms with Crippen LogP contribution in [0.15, 0.2) is 42.5 Å². The van der Waals surface area contributed by atoms with E-state index >= 15 is 0 Å². The molecule has 3 aliphatic rings. The fraction of sp³-hybridized carbons (Fsp3) is 0.400. The summed E-state index contributed by atoms with van der Waals surface area (Å²) in [7, 11) is 0. The highest BCUT2D eigenvalue weighted by Crippen LogP contribution is 2.44. The number of hydrogen-bond acceptors (Lipinski definition) is 5. The van der Waals surface area contributed by atoms with Crippen LogP contribution < -0.4 is 0 Å². The molecular formula is C25H25N3O4. The topological polar surface area (TPSA) is 86.5 Å². The van der Waals surface area contributed by atoms with Crippen LogP contribution in [0.2, 0.25) is 0 Å². The van der Waals surface area contributed by atoms with Crippen molar-refractivity contribution in [2.24, 2.45) is 0 Å². The monoisotopic (exact) mass is 431 g/mol. The number of rotatable bonds is 4. The first-order valence-corrected chi connectivity index (χ1v) is 11.3. The van der Waals surface area contributed by atoms with Crippen LogP contribution in [0.1, 0.15) is 66.2 Å². The van der Waals surface area contributed by atoms with Gasteiger partial charge in [0.15, 0.2) is 17.1 Å². The molecule has 0 atom stereocenters. The van der Waals surface area contributed by atoms with E-state index in [1.54, 1.807) is 6.07 Å². The van der Waals surface area contributed by atoms with Crippen molar-refractivity contribution in [1.82, 2.24) is 14.8 Å². The number of carboxylic acid groups (broad SMARTS) is 1. The van der Waals surface area contributed by atoms with Crippen LogP contribution in [0.4, 0.5) is 0 Å². The van der Waals surface area contributed by atoms with E-state index in [1.165, 1.54) is 6.42 Å². The van der Waals surface area contributed by atoms with Crippen molar-refractivity contribution in [2.75, 3.05) is 13.2 Å². The molecule has 3 aromatic rings. The van der Waals surface area contributed by atoms with E-state index in [9.17, 15) is 9.90 Å². The molecule has 2 fully saturated rings. The molecular weight excluding hydrogens is 406 g/mol. The lowest BCUT2D eigenvalue weighted by Gasteiger charge is -2.31. The number of benzene rings is 1. The number of aromatic carboxylic acids is 1. The molecule has 3 heterocycles. The van der Waals surface area contributed by atoms with Gasteiger partial charge in [-0.2, -0.15) is 5.10 Å². The highest BCUT2D eigenvalue weighted by Gasteiger charge is 2.38. The third-order valence-electron chi connectivity index (χ3n) is 6.97. The first kappa shape index (κ1) is 19.6. The second kappa shape index (κ2) is 7.53. The third-order valence-corrected chi connectivity index (χ3v) is 6.97. The second-order valence-corrected chi connectivity index (χ2v) is 8.86. The Kier molecular flexibility index (Phi) is 4.62. The molecule has 2 aliphatic carbocycles. The van der Waals surface area contributed by atoms with Gasteiger partial charge in [0.05, 0.1) is 30.0 Å². The van der Waals surface area contributed by atoms with Crippen LogP contribution in [0.25, 0.3) is 22.3 Å². The average Bonchev–Trinajstić information content (AvgIpc) is 3.38. The van der Waals surface area contributed by atoms with E-state index < -0.39 is 11.8 Å². The number of nitrogens with zero attached hydrogens (tertiary/aromatic N) is 3. The Morgan fingerprint density at radius 2 is 1.94 bits per heavy atom. The summed E-state index contributed by atoms with van der Waals surface area (Å²) in [6.45, 7) is 1.25. The number of fused-ring (bicyclic) bond motifs is 1. The Labute approximate surface area is 185 Å². The van der Waals surface area contributed by atoms with Crippen molar-refractivity contribution in [1.29, 1.82) is 0 Å². The Bertz CT molecular complexity index is 1220. The zero-order valence-corrected chi connectivity index (χ0v) is 17.8. The van der Waals surface area contributed by atoms with Crippen molar-refractivity contribution >= 4 is 22.6 Å². The number of allylic oxidation sites excluding steroid dienone is 1. The van der Waals surface area contributed by atoms with Gasteiger partial charge < -0.3 is 14.6 Å². The molecule has 1 saturated heterocycles. The normalized spacial score (nSPS) is 20.4. The van der Waals surface area contributed by atoms with Crippen molar-refractivity contribution in [3.05, 3.63) is 59.4 Å². The fourth-order valence-corrected chi connectivity index (χ4v) is 5.03. The Balaban J connectivity index is 1.56. The van der Waals surface area contributed by atoms with Gasteiger partial charge in [0, 0.05) is 18.8 Å². The molecule has 0 unspecified atom stereocenters. The number of hydrogen-bond donors (Lipinski definition) is 1. The fourth-order valence-electron chi connectivity index (χ4n) is 5.03. The van der Waals surface area contributed by atoms with E-state index in [1.807, 2.05) is 35.0 Å². The zero-order chi connectivity index (χ0) is 21.7. The summed E-state index contributed by atoms with van der Waals surface area (Å²) in [5.41, 5.74) is 4.63. The number of aromatic nitrogens is 3. The highest BCUT2D eigenvalue weighted by atomic mass is 16.7. The Morgan fingerprint density at radius 3 is 2.56 bits per heavy atom. The van der Waals surface area contributed by atoms with Gasteiger partial charge in [-0.3, -0.25) is 0 Å². The lowest BCUT2D eigenvalue weighted by Crippen LogP contribution is -2.31. The molecule has 6 rings (SSSR count). The van der Waals surface area contributed by atoms with E-state index in [0.29, 0.717) is 31.2 Å². The quantitative estimate of drug-likeness (QED) is 0.645. The predicted molar refractivity (Wildman–Crippen MR) is 119 cm³/mol. The molecule has 32 heavy (non-hydrogen) atoms. The van der Waals surface area contributed by atoms with Gasteiger partial charge in [0.25, 0.3) is 0 Å². The maximum absolute atomic E-state index is 12.0. The molecule has 0 radical (unpaired) electrons. The summed E-state index contributed by atoms with van der Waals surface area (Å²) >= 11 is 0. The van der Waals surface area contributed by atoms with Crippen LogP contribution in [0.3, 0.4) is 0 Å².